The molecule has 0 N–H and O–H groups in total. The van der Waals surface area contributed by atoms with E-state index in [9.17, 15) is 8.42 Å². The molecular formula is C17H20N2O3S. The van der Waals surface area contributed by atoms with E-state index in [4.69, 9.17) is 4.52 Å². The van der Waals surface area contributed by atoms with Crippen LogP contribution in [0.3, 0.4) is 0 Å². The molecule has 0 spiro atoms. The smallest absolute Gasteiger partial charge is 0.226 e. The Balaban J connectivity index is 1.52. The Morgan fingerprint density at radius 3 is 2.61 bits per heavy atom. The highest BCUT2D eigenvalue weighted by molar-refractivity contribution is 7.91. The number of sulfone groups is 1. The maximum absolute atomic E-state index is 11.6. The zero-order chi connectivity index (χ0) is 15.9. The minimum Gasteiger partial charge on any atom is -0.339 e. The van der Waals surface area contributed by atoms with Gasteiger partial charge in [-0.1, -0.05) is 35.5 Å². The first-order valence-corrected chi connectivity index (χ1v) is 10.0. The van der Waals surface area contributed by atoms with Gasteiger partial charge in [0.25, 0.3) is 0 Å². The molecule has 2 aromatic rings. The van der Waals surface area contributed by atoms with Gasteiger partial charge in [-0.25, -0.2) is 8.42 Å². The van der Waals surface area contributed by atoms with Crippen LogP contribution in [0.25, 0.3) is 0 Å². The summed E-state index contributed by atoms with van der Waals surface area (Å²) in [6, 6.07) is 10.3. The van der Waals surface area contributed by atoms with E-state index in [1.807, 2.05) is 18.2 Å². The van der Waals surface area contributed by atoms with Crippen LogP contribution in [0.15, 0.2) is 34.9 Å². The first-order chi connectivity index (χ1) is 11.1. The Labute approximate surface area is 136 Å². The summed E-state index contributed by atoms with van der Waals surface area (Å²) in [7, 11) is -2.86. The monoisotopic (exact) mass is 332 g/mol. The van der Waals surface area contributed by atoms with Crippen LogP contribution in [-0.4, -0.2) is 30.1 Å². The highest BCUT2D eigenvalue weighted by Crippen LogP contribution is 2.45. The van der Waals surface area contributed by atoms with Crippen LogP contribution in [0.1, 0.15) is 42.5 Å². The van der Waals surface area contributed by atoms with Crippen LogP contribution < -0.4 is 0 Å². The molecule has 2 heterocycles. The molecule has 1 aliphatic carbocycles. The van der Waals surface area contributed by atoms with Crippen LogP contribution in [0.2, 0.25) is 0 Å². The van der Waals surface area contributed by atoms with Crippen molar-refractivity contribution in [2.45, 2.75) is 31.6 Å². The van der Waals surface area contributed by atoms with Gasteiger partial charge in [-0.05, 0) is 36.7 Å². The minimum absolute atomic E-state index is 0.115. The average molecular weight is 332 g/mol. The van der Waals surface area contributed by atoms with Gasteiger partial charge in [0.05, 0.1) is 17.4 Å². The van der Waals surface area contributed by atoms with Gasteiger partial charge in [0.15, 0.2) is 15.7 Å². The molecule has 23 heavy (non-hydrogen) atoms. The molecule has 2 fully saturated rings. The predicted octanol–water partition coefficient (Wildman–Crippen LogP) is 2.59. The quantitative estimate of drug-likeness (QED) is 0.841. The number of hydrogen-bond acceptors (Lipinski definition) is 5. The summed E-state index contributed by atoms with van der Waals surface area (Å²) < 4.78 is 28.5. The summed E-state index contributed by atoms with van der Waals surface area (Å²) >= 11 is 0. The largest absolute Gasteiger partial charge is 0.339 e. The van der Waals surface area contributed by atoms with E-state index in [1.54, 1.807) is 0 Å². The molecule has 122 valence electrons. The molecule has 0 unspecified atom stereocenters. The highest BCUT2D eigenvalue weighted by atomic mass is 32.2. The van der Waals surface area contributed by atoms with E-state index >= 15 is 0 Å². The molecule has 0 radical (unpaired) electrons. The molecule has 4 rings (SSSR count). The van der Waals surface area contributed by atoms with E-state index in [0.717, 1.165) is 5.82 Å². The van der Waals surface area contributed by atoms with Crippen molar-refractivity contribution in [3.05, 3.63) is 47.6 Å². The van der Waals surface area contributed by atoms with E-state index in [1.165, 1.54) is 18.4 Å². The van der Waals surface area contributed by atoms with Gasteiger partial charge >= 0.3 is 0 Å². The fourth-order valence-corrected chi connectivity index (χ4v) is 5.34. The number of benzene rings is 1. The SMILES string of the molecule is O=S1(=O)CC[C@H](Cc2nc([C@H](c3ccccc3)C3CC3)no2)C1. The van der Waals surface area contributed by atoms with Crippen molar-refractivity contribution in [1.29, 1.82) is 0 Å². The third-order valence-electron chi connectivity index (χ3n) is 4.80. The van der Waals surface area contributed by atoms with Crippen molar-refractivity contribution < 1.29 is 12.9 Å². The van der Waals surface area contributed by atoms with Crippen LogP contribution in [0, 0.1) is 11.8 Å². The third-order valence-corrected chi connectivity index (χ3v) is 6.64. The van der Waals surface area contributed by atoms with Crippen molar-refractivity contribution >= 4 is 9.84 Å². The van der Waals surface area contributed by atoms with Crippen molar-refractivity contribution in [2.75, 3.05) is 11.5 Å². The second kappa shape index (κ2) is 5.74. The molecule has 1 aromatic heterocycles. The number of rotatable bonds is 5. The minimum atomic E-state index is -2.86. The summed E-state index contributed by atoms with van der Waals surface area (Å²) in [6.07, 6.45) is 3.66. The lowest BCUT2D eigenvalue weighted by atomic mass is 9.93. The van der Waals surface area contributed by atoms with Gasteiger partial charge in [0, 0.05) is 6.42 Å². The van der Waals surface area contributed by atoms with Crippen molar-refractivity contribution in [1.82, 2.24) is 10.1 Å². The maximum Gasteiger partial charge on any atom is 0.226 e. The van der Waals surface area contributed by atoms with Crippen molar-refractivity contribution in [3.8, 4) is 0 Å². The molecule has 0 amide bonds. The summed E-state index contributed by atoms with van der Waals surface area (Å²) in [5, 5.41) is 4.20. The number of hydrogen-bond donors (Lipinski definition) is 0. The topological polar surface area (TPSA) is 73.1 Å². The van der Waals surface area contributed by atoms with Crippen LogP contribution in [-0.2, 0) is 16.3 Å². The summed E-state index contributed by atoms with van der Waals surface area (Å²) in [5.41, 5.74) is 1.23. The van der Waals surface area contributed by atoms with Crippen LogP contribution >= 0.6 is 0 Å². The molecular weight excluding hydrogens is 312 g/mol. The molecule has 1 saturated carbocycles. The van der Waals surface area contributed by atoms with Gasteiger partial charge in [-0.2, -0.15) is 4.98 Å². The summed E-state index contributed by atoms with van der Waals surface area (Å²) in [6.45, 7) is 0. The first kappa shape index (κ1) is 14.9. The lowest BCUT2D eigenvalue weighted by molar-refractivity contribution is 0.353. The van der Waals surface area contributed by atoms with E-state index in [0.29, 0.717) is 24.7 Å². The fourth-order valence-electron chi connectivity index (χ4n) is 3.48. The Hall–Kier alpha value is -1.69. The van der Waals surface area contributed by atoms with Gasteiger partial charge in [0.2, 0.25) is 5.89 Å². The lowest BCUT2D eigenvalue weighted by Crippen LogP contribution is -2.08. The molecule has 1 saturated heterocycles. The normalized spacial score (nSPS) is 24.6. The predicted molar refractivity (Wildman–Crippen MR) is 85.8 cm³/mol. The van der Waals surface area contributed by atoms with Crippen LogP contribution in [0.4, 0.5) is 0 Å². The first-order valence-electron chi connectivity index (χ1n) is 8.18. The molecule has 0 bridgehead atoms. The van der Waals surface area contributed by atoms with E-state index in [-0.39, 0.29) is 23.3 Å². The Morgan fingerprint density at radius 1 is 1.17 bits per heavy atom. The second-order valence-corrected chi connectivity index (χ2v) is 8.97. The van der Waals surface area contributed by atoms with Gasteiger partial charge in [-0.15, -0.1) is 0 Å². The van der Waals surface area contributed by atoms with Gasteiger partial charge < -0.3 is 4.52 Å². The Bertz CT molecular complexity index is 781. The second-order valence-electron chi connectivity index (χ2n) is 6.75. The average Bonchev–Trinajstić information content (AvgIpc) is 3.16. The maximum atomic E-state index is 11.6. The molecule has 2 aliphatic rings. The fraction of sp³-hybridized carbons (Fsp3) is 0.529. The zero-order valence-corrected chi connectivity index (χ0v) is 13.7. The molecule has 5 nitrogen and oxygen atoms in total. The highest BCUT2D eigenvalue weighted by Gasteiger charge is 2.37. The third kappa shape index (κ3) is 3.32. The zero-order valence-electron chi connectivity index (χ0n) is 12.9. The molecule has 1 aromatic carbocycles. The molecule has 6 heteroatoms. The standard InChI is InChI=1S/C17H20N2O3S/c20-23(21)9-8-12(11-23)10-15-18-17(19-22-15)16(14-6-7-14)13-4-2-1-3-5-13/h1-5,12,14,16H,6-11H2/t12-,16-/m1/s1. The van der Waals surface area contributed by atoms with Gasteiger partial charge in [-0.3, -0.25) is 0 Å². The Morgan fingerprint density at radius 2 is 1.96 bits per heavy atom. The number of aromatic nitrogens is 2. The Kier molecular flexibility index (Phi) is 3.71. The van der Waals surface area contributed by atoms with Gasteiger partial charge in [0.1, 0.15) is 0 Å². The van der Waals surface area contributed by atoms with E-state index < -0.39 is 9.84 Å². The lowest BCUT2D eigenvalue weighted by Gasteiger charge is -2.11. The molecule has 1 aliphatic heterocycles. The van der Waals surface area contributed by atoms with Crippen molar-refractivity contribution in [3.63, 3.8) is 0 Å². The van der Waals surface area contributed by atoms with Crippen LogP contribution in [0.5, 0.6) is 0 Å². The number of nitrogens with zero attached hydrogens (tertiary/aromatic N) is 2. The molecule has 2 atom stereocenters. The van der Waals surface area contributed by atoms with Crippen molar-refractivity contribution in [2.24, 2.45) is 11.8 Å². The van der Waals surface area contributed by atoms with E-state index in [2.05, 4.69) is 22.3 Å². The summed E-state index contributed by atoms with van der Waals surface area (Å²) in [5.74, 6) is 2.75. The summed E-state index contributed by atoms with van der Waals surface area (Å²) in [4.78, 5) is 4.59.